The van der Waals surface area contributed by atoms with Gasteiger partial charge >= 0.3 is 0 Å². The van der Waals surface area contributed by atoms with Gasteiger partial charge in [0.1, 0.15) is 5.82 Å². The number of tetrazole rings is 1. The molecule has 0 bridgehead atoms. The monoisotopic (exact) mass is 198 g/mol. The van der Waals surface area contributed by atoms with Crippen LogP contribution >= 0.6 is 11.6 Å². The molecule has 0 unspecified atom stereocenters. The molecule has 1 heterocycles. The van der Waals surface area contributed by atoms with E-state index in [4.69, 9.17) is 11.6 Å². The molecule has 13 heavy (non-hydrogen) atoms. The second kappa shape index (κ2) is 3.10. The highest BCUT2D eigenvalue weighted by Gasteiger charge is 2.04. The van der Waals surface area contributed by atoms with Gasteiger partial charge in [0.25, 0.3) is 0 Å². The summed E-state index contributed by atoms with van der Waals surface area (Å²) in [5, 5.41) is 10.6. The summed E-state index contributed by atoms with van der Waals surface area (Å²) in [6.45, 7) is 0. The second-order valence-electron chi connectivity index (χ2n) is 2.34. The average molecular weight is 199 g/mol. The largest absolute Gasteiger partial charge is 0.247 e. The van der Waals surface area contributed by atoms with E-state index < -0.39 is 0 Å². The van der Waals surface area contributed by atoms with Crippen LogP contribution in [0.5, 0.6) is 0 Å². The standard InChI is InChI=1S/C7H4ClFN4/c8-7-10-11-12-13(7)6-3-1-5(9)2-4-6/h1-4H. The average Bonchev–Trinajstić information content (AvgIpc) is 2.53. The van der Waals surface area contributed by atoms with Crippen molar-refractivity contribution >= 4 is 11.6 Å². The zero-order chi connectivity index (χ0) is 9.26. The van der Waals surface area contributed by atoms with Crippen molar-refractivity contribution in [3.8, 4) is 5.69 Å². The van der Waals surface area contributed by atoms with E-state index in [1.54, 1.807) is 0 Å². The summed E-state index contributed by atoms with van der Waals surface area (Å²) >= 11 is 5.65. The van der Waals surface area contributed by atoms with Crippen LogP contribution in [-0.4, -0.2) is 20.2 Å². The Balaban J connectivity index is 2.47. The maximum atomic E-state index is 12.5. The van der Waals surface area contributed by atoms with E-state index in [2.05, 4.69) is 15.5 Å². The Labute approximate surface area is 77.9 Å². The minimum Gasteiger partial charge on any atom is -0.207 e. The maximum Gasteiger partial charge on any atom is 0.247 e. The van der Waals surface area contributed by atoms with Crippen molar-refractivity contribution in [3.63, 3.8) is 0 Å². The minimum absolute atomic E-state index is 0.145. The van der Waals surface area contributed by atoms with E-state index in [0.29, 0.717) is 5.69 Å². The van der Waals surface area contributed by atoms with Gasteiger partial charge in [0, 0.05) is 0 Å². The van der Waals surface area contributed by atoms with Crippen molar-refractivity contribution in [1.82, 2.24) is 20.2 Å². The van der Waals surface area contributed by atoms with E-state index in [9.17, 15) is 4.39 Å². The van der Waals surface area contributed by atoms with Crippen molar-refractivity contribution in [3.05, 3.63) is 35.4 Å². The minimum atomic E-state index is -0.312. The van der Waals surface area contributed by atoms with Crippen LogP contribution in [0.2, 0.25) is 5.28 Å². The van der Waals surface area contributed by atoms with Crippen molar-refractivity contribution in [2.45, 2.75) is 0 Å². The lowest BCUT2D eigenvalue weighted by molar-refractivity contribution is 0.626. The van der Waals surface area contributed by atoms with Crippen LogP contribution in [-0.2, 0) is 0 Å². The molecule has 0 amide bonds. The van der Waals surface area contributed by atoms with Crippen molar-refractivity contribution in [1.29, 1.82) is 0 Å². The van der Waals surface area contributed by atoms with Gasteiger partial charge in [0.05, 0.1) is 5.69 Å². The van der Waals surface area contributed by atoms with E-state index in [0.717, 1.165) is 0 Å². The van der Waals surface area contributed by atoms with Gasteiger partial charge in [-0.15, -0.1) is 0 Å². The smallest absolute Gasteiger partial charge is 0.207 e. The summed E-state index contributed by atoms with van der Waals surface area (Å²) in [7, 11) is 0. The molecule has 0 fully saturated rings. The molecule has 0 aliphatic heterocycles. The van der Waals surface area contributed by atoms with Gasteiger partial charge in [-0.05, 0) is 46.3 Å². The number of hydrogen-bond acceptors (Lipinski definition) is 3. The van der Waals surface area contributed by atoms with Gasteiger partial charge in [0.2, 0.25) is 5.28 Å². The Morgan fingerprint density at radius 1 is 1.23 bits per heavy atom. The Morgan fingerprint density at radius 2 is 1.92 bits per heavy atom. The molecular weight excluding hydrogens is 195 g/mol. The SMILES string of the molecule is Fc1ccc(-n2nnnc2Cl)cc1. The number of halogens is 2. The van der Waals surface area contributed by atoms with Crippen LogP contribution in [0.25, 0.3) is 5.69 Å². The first kappa shape index (κ1) is 8.12. The second-order valence-corrected chi connectivity index (χ2v) is 2.67. The number of nitrogens with zero attached hydrogens (tertiary/aromatic N) is 4. The van der Waals surface area contributed by atoms with Crippen LogP contribution in [0.15, 0.2) is 24.3 Å². The number of rotatable bonds is 1. The highest BCUT2D eigenvalue weighted by molar-refractivity contribution is 6.28. The highest BCUT2D eigenvalue weighted by atomic mass is 35.5. The predicted octanol–water partition coefficient (Wildman–Crippen LogP) is 1.45. The molecule has 0 saturated carbocycles. The number of hydrogen-bond donors (Lipinski definition) is 0. The zero-order valence-corrected chi connectivity index (χ0v) is 7.11. The van der Waals surface area contributed by atoms with Crippen molar-refractivity contribution in [2.75, 3.05) is 0 Å². The zero-order valence-electron chi connectivity index (χ0n) is 6.35. The fourth-order valence-corrected chi connectivity index (χ4v) is 1.08. The van der Waals surface area contributed by atoms with E-state index >= 15 is 0 Å². The van der Waals surface area contributed by atoms with Crippen molar-refractivity contribution < 1.29 is 4.39 Å². The normalized spacial score (nSPS) is 10.3. The van der Waals surface area contributed by atoms with Gasteiger partial charge in [0.15, 0.2) is 0 Å². The maximum absolute atomic E-state index is 12.5. The predicted molar refractivity (Wildman–Crippen MR) is 44.1 cm³/mol. The van der Waals surface area contributed by atoms with Crippen LogP contribution in [0.3, 0.4) is 0 Å². The van der Waals surface area contributed by atoms with Crippen LogP contribution in [0, 0.1) is 5.82 Å². The molecule has 2 aromatic rings. The van der Waals surface area contributed by atoms with Crippen LogP contribution < -0.4 is 0 Å². The van der Waals surface area contributed by atoms with E-state index in [-0.39, 0.29) is 11.1 Å². The Bertz CT molecular complexity index is 411. The highest BCUT2D eigenvalue weighted by Crippen LogP contribution is 2.11. The quantitative estimate of drug-likeness (QED) is 0.697. The lowest BCUT2D eigenvalue weighted by Crippen LogP contribution is -1.96. The third kappa shape index (κ3) is 1.50. The van der Waals surface area contributed by atoms with E-state index in [1.165, 1.54) is 28.9 Å². The number of aromatic nitrogens is 4. The number of benzene rings is 1. The molecule has 2 rings (SSSR count). The summed E-state index contributed by atoms with van der Waals surface area (Å²) in [6, 6.07) is 5.70. The molecule has 0 radical (unpaired) electrons. The Morgan fingerprint density at radius 3 is 2.46 bits per heavy atom. The molecule has 0 N–H and O–H groups in total. The molecule has 4 nitrogen and oxygen atoms in total. The fraction of sp³-hybridized carbons (Fsp3) is 0. The van der Waals surface area contributed by atoms with Gasteiger partial charge in [-0.25, -0.2) is 4.39 Å². The summed E-state index contributed by atoms with van der Waals surface area (Å²) in [6.07, 6.45) is 0. The van der Waals surface area contributed by atoms with Gasteiger partial charge < -0.3 is 0 Å². The van der Waals surface area contributed by atoms with Crippen LogP contribution in [0.4, 0.5) is 4.39 Å². The molecule has 6 heteroatoms. The first-order valence-electron chi connectivity index (χ1n) is 3.47. The summed E-state index contributed by atoms with van der Waals surface area (Å²) < 4.78 is 13.8. The first-order chi connectivity index (χ1) is 6.27. The van der Waals surface area contributed by atoms with Gasteiger partial charge in [-0.1, -0.05) is 5.10 Å². The molecule has 1 aromatic carbocycles. The van der Waals surface area contributed by atoms with Crippen molar-refractivity contribution in [2.24, 2.45) is 0 Å². The lowest BCUT2D eigenvalue weighted by Gasteiger charge is -1.98. The lowest BCUT2D eigenvalue weighted by atomic mass is 10.3. The molecule has 0 aliphatic rings. The summed E-state index contributed by atoms with van der Waals surface area (Å²) in [5.74, 6) is -0.312. The molecule has 0 aliphatic carbocycles. The van der Waals surface area contributed by atoms with E-state index in [1.807, 2.05) is 0 Å². The summed E-state index contributed by atoms with van der Waals surface area (Å²) in [4.78, 5) is 0. The third-order valence-electron chi connectivity index (χ3n) is 1.50. The molecule has 0 saturated heterocycles. The third-order valence-corrected chi connectivity index (χ3v) is 1.74. The van der Waals surface area contributed by atoms with Gasteiger partial charge in [-0.2, -0.15) is 4.68 Å². The van der Waals surface area contributed by atoms with Gasteiger partial charge in [-0.3, -0.25) is 0 Å². The molecule has 66 valence electrons. The molecular formula is C7H4ClFN4. The molecule has 0 spiro atoms. The Kier molecular flexibility index (Phi) is 1.94. The first-order valence-corrected chi connectivity index (χ1v) is 3.85. The topological polar surface area (TPSA) is 43.6 Å². The molecule has 0 atom stereocenters. The molecule has 1 aromatic heterocycles. The Hall–Kier alpha value is -1.49. The summed E-state index contributed by atoms with van der Waals surface area (Å²) in [5.41, 5.74) is 0.622. The fourth-order valence-electron chi connectivity index (χ4n) is 0.917. The van der Waals surface area contributed by atoms with Crippen LogP contribution in [0.1, 0.15) is 0 Å².